The van der Waals surface area contributed by atoms with E-state index in [1.807, 2.05) is 0 Å². The van der Waals surface area contributed by atoms with Crippen LogP contribution in [0.4, 0.5) is 0 Å². The van der Waals surface area contributed by atoms with Gasteiger partial charge in [-0.3, -0.25) is 4.79 Å². The number of carbonyl (C=O) groups excluding carboxylic acids is 1. The van der Waals surface area contributed by atoms with Crippen molar-refractivity contribution in [3.63, 3.8) is 0 Å². The van der Waals surface area contributed by atoms with Gasteiger partial charge >= 0.3 is 0 Å². The molecule has 2 rings (SSSR count). The number of nitrogens with two attached hydrogens (primary N) is 1. The van der Waals surface area contributed by atoms with E-state index < -0.39 is 0 Å². The first kappa shape index (κ1) is 11.1. The molecule has 0 spiro atoms. The molecule has 86 valence electrons. The van der Waals surface area contributed by atoms with E-state index in [-0.39, 0.29) is 17.9 Å². The van der Waals surface area contributed by atoms with Gasteiger partial charge < -0.3 is 15.5 Å². The van der Waals surface area contributed by atoms with E-state index in [0.717, 1.165) is 19.3 Å². The maximum absolute atomic E-state index is 11.7. The van der Waals surface area contributed by atoms with Gasteiger partial charge in [-0.1, -0.05) is 18.6 Å². The van der Waals surface area contributed by atoms with Crippen molar-refractivity contribution < 1.29 is 9.21 Å². The lowest BCUT2D eigenvalue weighted by Crippen LogP contribution is -2.41. The number of furan rings is 1. The summed E-state index contributed by atoms with van der Waals surface area (Å²) in [6.07, 6.45) is 4.41. The van der Waals surface area contributed by atoms with E-state index >= 15 is 0 Å². The average molecular weight is 238 g/mol. The van der Waals surface area contributed by atoms with E-state index in [2.05, 4.69) is 5.32 Å². The molecule has 1 aliphatic rings. The molecule has 0 aromatic carbocycles. The maximum atomic E-state index is 11.7. The van der Waals surface area contributed by atoms with Gasteiger partial charge in [0.2, 0.25) is 0 Å². The normalized spacial score (nSPS) is 24.2. The standard InChI is InChI=1S/C11H14N2O2S/c12-10(16)7-3-1-4-8(7)13-11(14)9-5-2-6-15-9/h2,5-8H,1,3-4H2,(H2,12,16)(H,13,14). The van der Waals surface area contributed by atoms with Crippen molar-refractivity contribution in [2.45, 2.75) is 25.3 Å². The van der Waals surface area contributed by atoms with E-state index in [1.54, 1.807) is 12.1 Å². The first-order valence-electron chi connectivity index (χ1n) is 5.32. The molecule has 4 nitrogen and oxygen atoms in total. The van der Waals surface area contributed by atoms with Gasteiger partial charge in [-0.15, -0.1) is 0 Å². The van der Waals surface area contributed by atoms with Crippen LogP contribution in [0.5, 0.6) is 0 Å². The highest BCUT2D eigenvalue weighted by Gasteiger charge is 2.31. The van der Waals surface area contributed by atoms with Crippen molar-refractivity contribution >= 4 is 23.1 Å². The summed E-state index contributed by atoms with van der Waals surface area (Å²) in [6, 6.07) is 3.38. The third kappa shape index (κ3) is 2.24. The number of amides is 1. The summed E-state index contributed by atoms with van der Waals surface area (Å²) in [5.74, 6) is 0.251. The van der Waals surface area contributed by atoms with Crippen LogP contribution in [0, 0.1) is 5.92 Å². The second kappa shape index (κ2) is 4.65. The summed E-state index contributed by atoms with van der Waals surface area (Å²) in [6.45, 7) is 0. The molecule has 16 heavy (non-hydrogen) atoms. The van der Waals surface area contributed by atoms with Crippen LogP contribution < -0.4 is 11.1 Å². The summed E-state index contributed by atoms with van der Waals surface area (Å²) < 4.78 is 5.03. The fourth-order valence-corrected chi connectivity index (χ4v) is 2.40. The number of thiocarbonyl (C=S) groups is 1. The van der Waals surface area contributed by atoms with Gasteiger partial charge in [0.05, 0.1) is 11.3 Å². The lowest BCUT2D eigenvalue weighted by atomic mass is 10.0. The van der Waals surface area contributed by atoms with Gasteiger partial charge in [-0.2, -0.15) is 0 Å². The van der Waals surface area contributed by atoms with Gasteiger partial charge in [0.25, 0.3) is 5.91 Å². The summed E-state index contributed by atoms with van der Waals surface area (Å²) in [5, 5.41) is 2.91. The zero-order valence-corrected chi connectivity index (χ0v) is 9.63. The van der Waals surface area contributed by atoms with Crippen molar-refractivity contribution in [3.05, 3.63) is 24.2 Å². The Morgan fingerprint density at radius 3 is 3.00 bits per heavy atom. The van der Waals surface area contributed by atoms with Crippen molar-refractivity contribution in [1.82, 2.24) is 5.32 Å². The predicted octanol–water partition coefficient (Wildman–Crippen LogP) is 1.46. The lowest BCUT2D eigenvalue weighted by molar-refractivity contribution is 0.0905. The Morgan fingerprint density at radius 1 is 1.56 bits per heavy atom. The smallest absolute Gasteiger partial charge is 0.287 e. The van der Waals surface area contributed by atoms with Crippen LogP contribution in [0.15, 0.2) is 22.8 Å². The number of carbonyl (C=O) groups is 1. The van der Waals surface area contributed by atoms with Crippen LogP contribution in [-0.4, -0.2) is 16.9 Å². The van der Waals surface area contributed by atoms with E-state index in [1.165, 1.54) is 6.26 Å². The third-order valence-electron chi connectivity index (χ3n) is 2.94. The van der Waals surface area contributed by atoms with Gasteiger partial charge in [0.1, 0.15) is 0 Å². The highest BCUT2D eigenvalue weighted by molar-refractivity contribution is 7.80. The Morgan fingerprint density at radius 2 is 2.38 bits per heavy atom. The lowest BCUT2D eigenvalue weighted by Gasteiger charge is -2.19. The minimum atomic E-state index is -0.196. The zero-order chi connectivity index (χ0) is 11.5. The molecule has 1 aliphatic carbocycles. The number of rotatable bonds is 3. The highest BCUT2D eigenvalue weighted by atomic mass is 32.1. The molecular formula is C11H14N2O2S. The van der Waals surface area contributed by atoms with Crippen LogP contribution in [0.25, 0.3) is 0 Å². The Labute approximate surface area is 99.2 Å². The van der Waals surface area contributed by atoms with Gasteiger partial charge in [0, 0.05) is 12.0 Å². The SMILES string of the molecule is NC(=S)C1CCCC1NC(=O)c1ccco1. The van der Waals surface area contributed by atoms with E-state index in [4.69, 9.17) is 22.4 Å². The molecule has 0 saturated heterocycles. The first-order chi connectivity index (χ1) is 7.68. The fraction of sp³-hybridized carbons (Fsp3) is 0.455. The molecule has 0 aliphatic heterocycles. The number of hydrogen-bond donors (Lipinski definition) is 2. The van der Waals surface area contributed by atoms with Crippen LogP contribution in [0.1, 0.15) is 29.8 Å². The van der Waals surface area contributed by atoms with Crippen molar-refractivity contribution in [2.24, 2.45) is 11.7 Å². The third-order valence-corrected chi connectivity index (χ3v) is 3.25. The first-order valence-corrected chi connectivity index (χ1v) is 5.73. The minimum absolute atomic E-state index is 0.0510. The molecule has 0 radical (unpaired) electrons. The topological polar surface area (TPSA) is 68.3 Å². The molecule has 1 heterocycles. The maximum Gasteiger partial charge on any atom is 0.287 e. The summed E-state index contributed by atoms with van der Waals surface area (Å²) >= 11 is 4.99. The summed E-state index contributed by atoms with van der Waals surface area (Å²) in [7, 11) is 0. The van der Waals surface area contributed by atoms with Crippen molar-refractivity contribution in [1.29, 1.82) is 0 Å². The Balaban J connectivity index is 1.99. The molecular weight excluding hydrogens is 224 g/mol. The monoisotopic (exact) mass is 238 g/mol. The zero-order valence-electron chi connectivity index (χ0n) is 8.81. The summed E-state index contributed by atoms with van der Waals surface area (Å²) in [4.78, 5) is 12.2. The molecule has 0 bridgehead atoms. The molecule has 1 aromatic heterocycles. The van der Waals surface area contributed by atoms with Gasteiger partial charge in [-0.25, -0.2) is 0 Å². The highest BCUT2D eigenvalue weighted by Crippen LogP contribution is 2.26. The summed E-state index contributed by atoms with van der Waals surface area (Å²) in [5.41, 5.74) is 5.64. The molecule has 1 saturated carbocycles. The Bertz CT molecular complexity index is 389. The Hall–Kier alpha value is -1.36. The molecule has 1 aromatic rings. The largest absolute Gasteiger partial charge is 0.459 e. The minimum Gasteiger partial charge on any atom is -0.459 e. The van der Waals surface area contributed by atoms with Crippen LogP contribution in [0.2, 0.25) is 0 Å². The fourth-order valence-electron chi connectivity index (χ4n) is 2.12. The number of nitrogens with one attached hydrogen (secondary N) is 1. The average Bonchev–Trinajstić information content (AvgIpc) is 2.86. The quantitative estimate of drug-likeness (QED) is 0.782. The van der Waals surface area contributed by atoms with Crippen molar-refractivity contribution in [2.75, 3.05) is 0 Å². The second-order valence-corrected chi connectivity index (χ2v) is 4.47. The van der Waals surface area contributed by atoms with Crippen LogP contribution in [-0.2, 0) is 0 Å². The van der Waals surface area contributed by atoms with E-state index in [9.17, 15) is 4.79 Å². The second-order valence-electron chi connectivity index (χ2n) is 4.00. The molecule has 3 N–H and O–H groups in total. The van der Waals surface area contributed by atoms with E-state index in [0.29, 0.717) is 10.7 Å². The van der Waals surface area contributed by atoms with Crippen LogP contribution in [0.3, 0.4) is 0 Å². The molecule has 2 atom stereocenters. The predicted molar refractivity (Wildman–Crippen MR) is 64.1 cm³/mol. The molecule has 2 unspecified atom stereocenters. The number of hydrogen-bond acceptors (Lipinski definition) is 3. The van der Waals surface area contributed by atoms with Crippen LogP contribution >= 0.6 is 12.2 Å². The van der Waals surface area contributed by atoms with Crippen molar-refractivity contribution in [3.8, 4) is 0 Å². The van der Waals surface area contributed by atoms with Gasteiger partial charge in [0.15, 0.2) is 5.76 Å². The van der Waals surface area contributed by atoms with Gasteiger partial charge in [-0.05, 0) is 25.0 Å². The molecule has 1 amide bonds. The molecule has 5 heteroatoms. The molecule has 1 fully saturated rings. The Kier molecular flexibility index (Phi) is 3.24.